The summed E-state index contributed by atoms with van der Waals surface area (Å²) in [5.41, 5.74) is 4.18. The average Bonchev–Trinajstić information content (AvgIpc) is 3.38. The predicted octanol–water partition coefficient (Wildman–Crippen LogP) is 5.44. The first-order valence-corrected chi connectivity index (χ1v) is 10.8. The van der Waals surface area contributed by atoms with E-state index in [-0.39, 0.29) is 5.91 Å². The molecule has 0 atom stereocenters. The highest BCUT2D eigenvalue weighted by atomic mass is 35.5. The van der Waals surface area contributed by atoms with E-state index in [0.717, 1.165) is 22.5 Å². The lowest BCUT2D eigenvalue weighted by molar-refractivity contribution is -0.111. The van der Waals surface area contributed by atoms with Crippen LogP contribution in [0.4, 0.5) is 5.69 Å². The van der Waals surface area contributed by atoms with E-state index in [4.69, 9.17) is 23.2 Å². The molecule has 1 N–H and O–H groups in total. The number of nitrogens with zero attached hydrogens (tertiary/aromatic N) is 4. The van der Waals surface area contributed by atoms with Crippen LogP contribution in [-0.4, -0.2) is 25.5 Å². The molecule has 0 bridgehead atoms. The highest BCUT2D eigenvalue weighted by Crippen LogP contribution is 2.23. The van der Waals surface area contributed by atoms with Gasteiger partial charge in [0.2, 0.25) is 5.91 Å². The number of hydrogen-bond donors (Lipinski definition) is 1. The van der Waals surface area contributed by atoms with Gasteiger partial charge in [-0.15, -0.1) is 0 Å². The van der Waals surface area contributed by atoms with Gasteiger partial charge in [0.25, 0.3) is 0 Å². The van der Waals surface area contributed by atoms with Crippen molar-refractivity contribution in [3.63, 3.8) is 0 Å². The lowest BCUT2D eigenvalue weighted by Crippen LogP contribution is -2.11. The minimum absolute atomic E-state index is 0.251. The molecule has 0 fully saturated rings. The fraction of sp³-hybridized carbons (Fsp3) is 0.125. The Morgan fingerprint density at radius 3 is 2.59 bits per heavy atom. The molecule has 0 aliphatic heterocycles. The summed E-state index contributed by atoms with van der Waals surface area (Å²) in [7, 11) is 0. The second-order valence-electron chi connectivity index (χ2n) is 7.26. The van der Waals surface area contributed by atoms with Gasteiger partial charge in [0.05, 0.1) is 18.8 Å². The zero-order valence-corrected chi connectivity index (χ0v) is 18.9. The smallest absolute Gasteiger partial charge is 0.248 e. The van der Waals surface area contributed by atoms with E-state index in [1.165, 1.54) is 6.08 Å². The first-order chi connectivity index (χ1) is 15.5. The number of aryl methyl sites for hydroxylation is 1. The van der Waals surface area contributed by atoms with Gasteiger partial charge in [-0.2, -0.15) is 10.2 Å². The molecule has 4 aromatic rings. The maximum atomic E-state index is 12.6. The minimum atomic E-state index is -0.251. The number of benzene rings is 2. The van der Waals surface area contributed by atoms with Crippen molar-refractivity contribution in [1.82, 2.24) is 19.6 Å². The van der Waals surface area contributed by atoms with E-state index < -0.39 is 0 Å². The van der Waals surface area contributed by atoms with Crippen LogP contribution in [0.25, 0.3) is 6.08 Å². The molecule has 6 nitrogen and oxygen atoms in total. The molecule has 2 aromatic carbocycles. The topological polar surface area (TPSA) is 64.7 Å². The molecule has 0 saturated carbocycles. The van der Waals surface area contributed by atoms with E-state index in [9.17, 15) is 4.79 Å². The molecule has 32 heavy (non-hydrogen) atoms. The highest BCUT2D eigenvalue weighted by Gasteiger charge is 2.12. The summed E-state index contributed by atoms with van der Waals surface area (Å²) < 4.78 is 3.51. The van der Waals surface area contributed by atoms with Gasteiger partial charge in [-0.25, -0.2) is 4.68 Å². The monoisotopic (exact) mass is 465 g/mol. The SMILES string of the molecule is Cc1nn(Cc2ccc(Cl)cc2)c(Cl)c1C=CC(=O)Nc1ccccc1Cn1cccn1. The molecule has 1 amide bonds. The third-order valence-electron chi connectivity index (χ3n) is 4.92. The van der Waals surface area contributed by atoms with Crippen molar-refractivity contribution < 1.29 is 4.79 Å². The second-order valence-corrected chi connectivity index (χ2v) is 8.05. The maximum Gasteiger partial charge on any atom is 0.248 e. The first kappa shape index (κ1) is 21.9. The van der Waals surface area contributed by atoms with E-state index >= 15 is 0 Å². The van der Waals surface area contributed by atoms with Crippen LogP contribution in [0.15, 0.2) is 73.1 Å². The summed E-state index contributed by atoms with van der Waals surface area (Å²) in [6.45, 7) is 2.94. The Balaban J connectivity index is 1.46. The van der Waals surface area contributed by atoms with Crippen LogP contribution in [0, 0.1) is 6.92 Å². The van der Waals surface area contributed by atoms with Crippen molar-refractivity contribution in [2.24, 2.45) is 0 Å². The zero-order chi connectivity index (χ0) is 22.5. The summed E-state index contributed by atoms with van der Waals surface area (Å²) in [6.07, 6.45) is 6.76. The van der Waals surface area contributed by atoms with Crippen molar-refractivity contribution in [3.8, 4) is 0 Å². The molecule has 8 heteroatoms. The van der Waals surface area contributed by atoms with Crippen LogP contribution in [0.5, 0.6) is 0 Å². The minimum Gasteiger partial charge on any atom is -0.322 e. The Labute approximate surface area is 196 Å². The number of carbonyl (C=O) groups is 1. The molecule has 0 radical (unpaired) electrons. The van der Waals surface area contributed by atoms with Gasteiger partial charge in [0, 0.05) is 34.7 Å². The first-order valence-electron chi connectivity index (χ1n) is 10.0. The van der Waals surface area contributed by atoms with Crippen LogP contribution in [0.3, 0.4) is 0 Å². The van der Waals surface area contributed by atoms with Gasteiger partial charge in [-0.1, -0.05) is 53.5 Å². The third-order valence-corrected chi connectivity index (χ3v) is 5.57. The molecule has 0 saturated heterocycles. The van der Waals surface area contributed by atoms with E-state index in [2.05, 4.69) is 15.5 Å². The van der Waals surface area contributed by atoms with Crippen LogP contribution in [0.1, 0.15) is 22.4 Å². The number of aromatic nitrogens is 4. The average molecular weight is 466 g/mol. The number of amides is 1. The maximum absolute atomic E-state index is 12.6. The van der Waals surface area contributed by atoms with E-state index in [1.54, 1.807) is 21.6 Å². The molecule has 2 heterocycles. The Kier molecular flexibility index (Phi) is 6.73. The molecule has 0 aliphatic carbocycles. The van der Waals surface area contributed by atoms with Crippen molar-refractivity contribution in [3.05, 3.63) is 106 Å². The van der Waals surface area contributed by atoms with Crippen LogP contribution >= 0.6 is 23.2 Å². The fourth-order valence-electron chi connectivity index (χ4n) is 3.31. The fourth-order valence-corrected chi connectivity index (χ4v) is 3.73. The summed E-state index contributed by atoms with van der Waals surface area (Å²) in [4.78, 5) is 12.6. The number of halogens is 2. The Bertz CT molecular complexity index is 1240. The summed E-state index contributed by atoms with van der Waals surface area (Å²) >= 11 is 12.5. The molecule has 4 rings (SSSR count). The van der Waals surface area contributed by atoms with E-state index in [1.807, 2.05) is 67.7 Å². The number of nitrogens with one attached hydrogen (secondary N) is 1. The molecule has 0 spiro atoms. The normalized spacial score (nSPS) is 11.2. The summed E-state index contributed by atoms with van der Waals surface area (Å²) in [5.74, 6) is -0.251. The quantitative estimate of drug-likeness (QED) is 0.369. The van der Waals surface area contributed by atoms with Crippen LogP contribution < -0.4 is 5.32 Å². The molecule has 0 unspecified atom stereocenters. The summed E-state index contributed by atoms with van der Waals surface area (Å²) in [6, 6.07) is 17.0. The van der Waals surface area contributed by atoms with Gasteiger partial charge >= 0.3 is 0 Å². The number of para-hydroxylation sites is 1. The number of hydrogen-bond acceptors (Lipinski definition) is 3. The molecule has 0 aliphatic rings. The third kappa shape index (κ3) is 5.28. The predicted molar refractivity (Wildman–Crippen MR) is 128 cm³/mol. The number of carbonyl (C=O) groups excluding carboxylic acids is 1. The molecule has 2 aromatic heterocycles. The number of anilines is 1. The van der Waals surface area contributed by atoms with E-state index in [0.29, 0.717) is 28.8 Å². The second kappa shape index (κ2) is 9.85. The number of rotatable bonds is 7. The van der Waals surface area contributed by atoms with Gasteiger partial charge in [0.15, 0.2) is 0 Å². The Morgan fingerprint density at radius 2 is 1.84 bits per heavy atom. The van der Waals surface area contributed by atoms with Crippen molar-refractivity contribution in [2.45, 2.75) is 20.0 Å². The lowest BCUT2D eigenvalue weighted by atomic mass is 10.1. The highest BCUT2D eigenvalue weighted by molar-refractivity contribution is 6.31. The molecular formula is C24H21Cl2N5O. The lowest BCUT2D eigenvalue weighted by Gasteiger charge is -2.10. The Morgan fingerprint density at radius 1 is 1.06 bits per heavy atom. The molecule has 162 valence electrons. The standard InChI is InChI=1S/C24H21Cl2N5O/c1-17-21(24(26)31(29-17)15-18-7-9-20(25)10-8-18)11-12-23(32)28-22-6-3-2-5-19(22)16-30-14-4-13-27-30/h2-14H,15-16H2,1H3,(H,28,32). The van der Waals surface area contributed by atoms with Crippen LogP contribution in [0.2, 0.25) is 10.2 Å². The zero-order valence-electron chi connectivity index (χ0n) is 17.4. The van der Waals surface area contributed by atoms with Gasteiger partial charge in [0.1, 0.15) is 5.15 Å². The van der Waals surface area contributed by atoms with Crippen molar-refractivity contribution >= 4 is 40.9 Å². The van der Waals surface area contributed by atoms with Gasteiger partial charge in [-0.05, 0) is 48.4 Å². The molecular weight excluding hydrogens is 445 g/mol. The summed E-state index contributed by atoms with van der Waals surface area (Å²) in [5, 5.41) is 12.8. The van der Waals surface area contributed by atoms with Gasteiger partial charge in [-0.3, -0.25) is 9.48 Å². The van der Waals surface area contributed by atoms with Crippen LogP contribution in [-0.2, 0) is 17.9 Å². The van der Waals surface area contributed by atoms with Gasteiger partial charge < -0.3 is 5.32 Å². The largest absolute Gasteiger partial charge is 0.322 e. The van der Waals surface area contributed by atoms with Crippen molar-refractivity contribution in [1.29, 1.82) is 0 Å². The van der Waals surface area contributed by atoms with Crippen molar-refractivity contribution in [2.75, 3.05) is 5.32 Å². The Hall–Kier alpha value is -3.35.